The van der Waals surface area contributed by atoms with Crippen molar-refractivity contribution in [1.29, 1.82) is 0 Å². The lowest BCUT2D eigenvalue weighted by molar-refractivity contribution is 0.386. The number of piperazine rings is 1. The number of thiophene rings is 1. The van der Waals surface area contributed by atoms with Crippen molar-refractivity contribution < 1.29 is 8.42 Å². The number of halogens is 2. The maximum absolute atomic E-state index is 12.6. The van der Waals surface area contributed by atoms with Gasteiger partial charge in [0.1, 0.15) is 4.21 Å². The zero-order valence-corrected chi connectivity index (χ0v) is 15.6. The van der Waals surface area contributed by atoms with Crippen LogP contribution in [0.4, 0.5) is 5.69 Å². The van der Waals surface area contributed by atoms with Crippen LogP contribution in [0.25, 0.3) is 0 Å². The molecule has 0 atom stereocenters. The fourth-order valence-corrected chi connectivity index (χ4v) is 5.97. The first kappa shape index (κ1) is 17.0. The molecular weight excluding hydrogens is 375 g/mol. The van der Waals surface area contributed by atoms with Crippen molar-refractivity contribution in [3.63, 3.8) is 0 Å². The van der Waals surface area contributed by atoms with Gasteiger partial charge in [0.05, 0.1) is 10.7 Å². The van der Waals surface area contributed by atoms with Crippen molar-refractivity contribution in [1.82, 2.24) is 4.31 Å². The Morgan fingerprint density at radius 1 is 1.04 bits per heavy atom. The standard InChI is InChI=1S/C15H16Cl2N2O2S2/c1-11-2-5-15(22-11)23(20,21)19-8-6-18(7-9-19)14-4-3-12(16)10-13(14)17/h2-5,10H,6-9H2,1H3. The molecule has 124 valence electrons. The molecule has 8 heteroatoms. The summed E-state index contributed by atoms with van der Waals surface area (Å²) in [7, 11) is -3.39. The molecule has 0 radical (unpaired) electrons. The Kier molecular flexibility index (Phi) is 4.90. The Hall–Kier alpha value is -0.790. The minimum atomic E-state index is -3.39. The third kappa shape index (κ3) is 3.51. The molecule has 2 aromatic rings. The molecule has 4 nitrogen and oxygen atoms in total. The van der Waals surface area contributed by atoms with Crippen LogP contribution in [-0.2, 0) is 10.0 Å². The first-order valence-electron chi connectivity index (χ1n) is 7.14. The van der Waals surface area contributed by atoms with Crippen molar-refractivity contribution in [3.8, 4) is 0 Å². The van der Waals surface area contributed by atoms with Gasteiger partial charge in [-0.15, -0.1) is 11.3 Å². The van der Waals surface area contributed by atoms with Gasteiger partial charge in [-0.05, 0) is 37.3 Å². The molecule has 1 aliphatic heterocycles. The summed E-state index contributed by atoms with van der Waals surface area (Å²) in [6.07, 6.45) is 0. The minimum Gasteiger partial charge on any atom is -0.368 e. The van der Waals surface area contributed by atoms with Crippen LogP contribution in [-0.4, -0.2) is 38.9 Å². The molecule has 1 fully saturated rings. The van der Waals surface area contributed by atoms with Gasteiger partial charge in [0.25, 0.3) is 10.0 Å². The summed E-state index contributed by atoms with van der Waals surface area (Å²) >= 11 is 13.5. The number of nitrogens with zero attached hydrogens (tertiary/aromatic N) is 2. The summed E-state index contributed by atoms with van der Waals surface area (Å²) in [6, 6.07) is 8.88. The van der Waals surface area contributed by atoms with Crippen LogP contribution < -0.4 is 4.90 Å². The van der Waals surface area contributed by atoms with Crippen LogP contribution in [0.3, 0.4) is 0 Å². The highest BCUT2D eigenvalue weighted by atomic mass is 35.5. The maximum atomic E-state index is 12.6. The molecular formula is C15H16Cl2N2O2S2. The number of benzene rings is 1. The first-order chi connectivity index (χ1) is 10.9. The molecule has 2 heterocycles. The normalized spacial score (nSPS) is 16.7. The third-order valence-electron chi connectivity index (χ3n) is 3.80. The number of rotatable bonds is 3. The van der Waals surface area contributed by atoms with Crippen molar-refractivity contribution in [3.05, 3.63) is 45.3 Å². The predicted molar refractivity (Wildman–Crippen MR) is 96.5 cm³/mol. The van der Waals surface area contributed by atoms with E-state index in [1.807, 2.05) is 19.1 Å². The number of hydrogen-bond acceptors (Lipinski definition) is 4. The fourth-order valence-electron chi connectivity index (χ4n) is 2.59. The van der Waals surface area contributed by atoms with Crippen LogP contribution in [0, 0.1) is 6.92 Å². The molecule has 0 bridgehead atoms. The van der Waals surface area contributed by atoms with E-state index < -0.39 is 10.0 Å². The van der Waals surface area contributed by atoms with E-state index in [-0.39, 0.29) is 0 Å². The molecule has 0 amide bonds. The average molecular weight is 391 g/mol. The van der Waals surface area contributed by atoms with Crippen LogP contribution >= 0.6 is 34.5 Å². The monoisotopic (exact) mass is 390 g/mol. The van der Waals surface area contributed by atoms with Gasteiger partial charge in [-0.3, -0.25) is 0 Å². The van der Waals surface area contributed by atoms with Crippen LogP contribution in [0.2, 0.25) is 10.0 Å². The van der Waals surface area contributed by atoms with E-state index in [1.54, 1.807) is 22.5 Å². The largest absolute Gasteiger partial charge is 0.368 e. The minimum absolute atomic E-state index is 0.410. The first-order valence-corrected chi connectivity index (χ1v) is 10.2. The lowest BCUT2D eigenvalue weighted by Gasteiger charge is -2.35. The molecule has 1 aromatic carbocycles. The smallest absolute Gasteiger partial charge is 0.252 e. The number of aryl methyl sites for hydroxylation is 1. The molecule has 23 heavy (non-hydrogen) atoms. The number of anilines is 1. The summed E-state index contributed by atoms with van der Waals surface area (Å²) in [5.41, 5.74) is 0.889. The van der Waals surface area contributed by atoms with Gasteiger partial charge >= 0.3 is 0 Å². The molecule has 3 rings (SSSR count). The Labute approximate surface area is 150 Å². The van der Waals surface area contributed by atoms with E-state index in [4.69, 9.17) is 23.2 Å². The summed E-state index contributed by atoms with van der Waals surface area (Å²) in [5.74, 6) is 0. The fraction of sp³-hybridized carbons (Fsp3) is 0.333. The Balaban J connectivity index is 1.73. The predicted octanol–water partition coefficient (Wildman–Crippen LogP) is 3.87. The highest BCUT2D eigenvalue weighted by Crippen LogP contribution is 2.31. The number of sulfonamides is 1. The van der Waals surface area contributed by atoms with Crippen molar-refractivity contribution >= 4 is 50.2 Å². The Bertz CT molecular complexity index is 813. The third-order valence-corrected chi connectivity index (χ3v) is 7.70. The van der Waals surface area contributed by atoms with E-state index in [2.05, 4.69) is 4.90 Å². The van der Waals surface area contributed by atoms with Crippen LogP contribution in [0.5, 0.6) is 0 Å². The lowest BCUT2D eigenvalue weighted by Crippen LogP contribution is -2.48. The van der Waals surface area contributed by atoms with Crippen LogP contribution in [0.15, 0.2) is 34.5 Å². The molecule has 0 saturated carbocycles. The highest BCUT2D eigenvalue weighted by Gasteiger charge is 2.30. The SMILES string of the molecule is Cc1ccc(S(=O)(=O)N2CCN(c3ccc(Cl)cc3Cl)CC2)s1. The molecule has 1 saturated heterocycles. The second kappa shape index (κ2) is 6.61. The maximum Gasteiger partial charge on any atom is 0.252 e. The summed E-state index contributed by atoms with van der Waals surface area (Å²) in [5, 5.41) is 1.18. The topological polar surface area (TPSA) is 40.6 Å². The van der Waals surface area contributed by atoms with Gasteiger partial charge < -0.3 is 4.90 Å². The summed E-state index contributed by atoms with van der Waals surface area (Å²) in [6.45, 7) is 4.00. The van der Waals surface area contributed by atoms with Crippen molar-refractivity contribution in [2.24, 2.45) is 0 Å². The number of hydrogen-bond donors (Lipinski definition) is 0. The van der Waals surface area contributed by atoms with Crippen molar-refractivity contribution in [2.75, 3.05) is 31.1 Å². The van der Waals surface area contributed by atoms with Gasteiger partial charge in [0.15, 0.2) is 0 Å². The summed E-state index contributed by atoms with van der Waals surface area (Å²) in [4.78, 5) is 3.08. The molecule has 1 aromatic heterocycles. The Morgan fingerprint density at radius 3 is 2.30 bits per heavy atom. The second-order valence-corrected chi connectivity index (χ2v) is 9.65. The average Bonchev–Trinajstić information content (AvgIpc) is 2.95. The molecule has 0 spiro atoms. The molecule has 0 aliphatic carbocycles. The second-order valence-electron chi connectivity index (χ2n) is 5.35. The van der Waals surface area contributed by atoms with E-state index in [0.29, 0.717) is 40.4 Å². The molecule has 0 unspecified atom stereocenters. The Morgan fingerprint density at radius 2 is 1.74 bits per heavy atom. The van der Waals surface area contributed by atoms with E-state index >= 15 is 0 Å². The van der Waals surface area contributed by atoms with Gasteiger partial charge in [0.2, 0.25) is 0 Å². The van der Waals surface area contributed by atoms with E-state index in [1.165, 1.54) is 11.3 Å². The van der Waals surface area contributed by atoms with E-state index in [0.717, 1.165) is 10.6 Å². The lowest BCUT2D eigenvalue weighted by atomic mass is 10.2. The zero-order valence-electron chi connectivity index (χ0n) is 12.5. The van der Waals surface area contributed by atoms with Gasteiger partial charge in [-0.25, -0.2) is 8.42 Å². The molecule has 1 aliphatic rings. The highest BCUT2D eigenvalue weighted by molar-refractivity contribution is 7.91. The van der Waals surface area contributed by atoms with Gasteiger partial charge in [0, 0.05) is 36.1 Å². The molecule has 0 N–H and O–H groups in total. The quantitative estimate of drug-likeness (QED) is 0.798. The van der Waals surface area contributed by atoms with Crippen molar-refractivity contribution in [2.45, 2.75) is 11.1 Å². The van der Waals surface area contributed by atoms with Gasteiger partial charge in [-0.1, -0.05) is 23.2 Å². The van der Waals surface area contributed by atoms with Crippen LogP contribution in [0.1, 0.15) is 4.88 Å². The summed E-state index contributed by atoms with van der Waals surface area (Å²) < 4.78 is 27.2. The zero-order chi connectivity index (χ0) is 16.6. The van der Waals surface area contributed by atoms with E-state index in [9.17, 15) is 8.42 Å². The van der Waals surface area contributed by atoms with Gasteiger partial charge in [-0.2, -0.15) is 4.31 Å².